The highest BCUT2D eigenvalue weighted by atomic mass is 79.9. The molecule has 0 heterocycles. The third kappa shape index (κ3) is 5.49. The average molecular weight is 316 g/mol. The number of benzene rings is 1. The van der Waals surface area contributed by atoms with Crippen molar-refractivity contribution in [1.82, 2.24) is 5.32 Å². The van der Waals surface area contributed by atoms with E-state index in [4.69, 9.17) is 0 Å². The van der Waals surface area contributed by atoms with Gasteiger partial charge in [0.15, 0.2) is 0 Å². The van der Waals surface area contributed by atoms with Crippen molar-refractivity contribution in [3.05, 3.63) is 34.1 Å². The molecule has 1 aromatic rings. The van der Waals surface area contributed by atoms with Crippen LogP contribution in [0.15, 0.2) is 22.7 Å². The summed E-state index contributed by atoms with van der Waals surface area (Å²) in [5.74, 6) is 0.413. The van der Waals surface area contributed by atoms with Crippen LogP contribution in [0.1, 0.15) is 39.2 Å². The van der Waals surface area contributed by atoms with Crippen molar-refractivity contribution >= 4 is 15.9 Å². The van der Waals surface area contributed by atoms with Crippen LogP contribution >= 0.6 is 15.9 Å². The largest absolute Gasteiger partial charge is 0.314 e. The highest BCUT2D eigenvalue weighted by Gasteiger charge is 2.12. The summed E-state index contributed by atoms with van der Waals surface area (Å²) in [5, 5.41) is 3.48. The van der Waals surface area contributed by atoms with Crippen LogP contribution in [0.5, 0.6) is 0 Å². The summed E-state index contributed by atoms with van der Waals surface area (Å²) < 4.78 is 14.3. The third-order valence-electron chi connectivity index (χ3n) is 3.03. The number of halogens is 2. The molecule has 102 valence electrons. The first kappa shape index (κ1) is 15.6. The lowest BCUT2D eigenvalue weighted by atomic mass is 9.94. The van der Waals surface area contributed by atoms with E-state index < -0.39 is 0 Å². The Bertz CT molecular complexity index is 366. The fourth-order valence-electron chi connectivity index (χ4n) is 2.10. The summed E-state index contributed by atoms with van der Waals surface area (Å²) >= 11 is 3.50. The molecule has 1 aromatic carbocycles. The quantitative estimate of drug-likeness (QED) is 0.778. The summed E-state index contributed by atoms with van der Waals surface area (Å²) in [6.45, 7) is 7.50. The van der Waals surface area contributed by atoms with Crippen LogP contribution in [-0.2, 0) is 6.42 Å². The Labute approximate surface area is 118 Å². The van der Waals surface area contributed by atoms with Crippen LogP contribution < -0.4 is 5.32 Å². The molecule has 1 unspecified atom stereocenters. The molecule has 0 saturated carbocycles. The topological polar surface area (TPSA) is 12.0 Å². The van der Waals surface area contributed by atoms with Crippen molar-refractivity contribution in [3.63, 3.8) is 0 Å². The molecule has 0 aliphatic rings. The van der Waals surface area contributed by atoms with E-state index in [9.17, 15) is 4.39 Å². The molecule has 0 radical (unpaired) electrons. The minimum atomic E-state index is -0.153. The molecular formula is C15H23BrFN. The van der Waals surface area contributed by atoms with Crippen LogP contribution in [0, 0.1) is 11.7 Å². The first-order valence-electron chi connectivity index (χ1n) is 6.70. The van der Waals surface area contributed by atoms with Crippen molar-refractivity contribution < 1.29 is 4.39 Å². The molecule has 0 bridgehead atoms. The molecule has 1 nitrogen and oxygen atoms in total. The zero-order valence-corrected chi connectivity index (χ0v) is 13.1. The monoisotopic (exact) mass is 315 g/mol. The second-order valence-electron chi connectivity index (χ2n) is 5.16. The van der Waals surface area contributed by atoms with E-state index in [0.717, 1.165) is 29.4 Å². The maximum absolute atomic E-state index is 13.3. The molecule has 1 rings (SSSR count). The van der Waals surface area contributed by atoms with Gasteiger partial charge in [-0.1, -0.05) is 43.1 Å². The lowest BCUT2D eigenvalue weighted by Gasteiger charge is -2.19. The Morgan fingerprint density at radius 2 is 2.06 bits per heavy atom. The smallest absolute Gasteiger partial charge is 0.123 e. The Hall–Kier alpha value is -0.410. The Morgan fingerprint density at radius 1 is 1.33 bits per heavy atom. The second-order valence-corrected chi connectivity index (χ2v) is 6.01. The second kappa shape index (κ2) is 7.90. The molecule has 0 saturated heterocycles. The number of hydrogen-bond donors (Lipinski definition) is 1. The summed E-state index contributed by atoms with van der Waals surface area (Å²) in [5.41, 5.74) is 1.07. The summed E-state index contributed by atoms with van der Waals surface area (Å²) in [7, 11) is 0. The van der Waals surface area contributed by atoms with E-state index >= 15 is 0 Å². The molecule has 0 spiro atoms. The molecule has 1 atom stereocenters. The molecule has 0 aliphatic heterocycles. The molecule has 0 fully saturated rings. The minimum absolute atomic E-state index is 0.153. The number of rotatable bonds is 7. The van der Waals surface area contributed by atoms with Gasteiger partial charge >= 0.3 is 0 Å². The van der Waals surface area contributed by atoms with Crippen LogP contribution in [0.4, 0.5) is 4.39 Å². The van der Waals surface area contributed by atoms with Crippen LogP contribution in [0.2, 0.25) is 0 Å². The van der Waals surface area contributed by atoms with Gasteiger partial charge in [0, 0.05) is 10.5 Å². The van der Waals surface area contributed by atoms with Crippen LogP contribution in [0.3, 0.4) is 0 Å². The Morgan fingerprint density at radius 3 is 2.67 bits per heavy atom. The van der Waals surface area contributed by atoms with Gasteiger partial charge in [0.05, 0.1) is 0 Å². The third-order valence-corrected chi connectivity index (χ3v) is 3.80. The van der Waals surface area contributed by atoms with Gasteiger partial charge in [-0.25, -0.2) is 4.39 Å². The molecule has 1 N–H and O–H groups in total. The van der Waals surface area contributed by atoms with Gasteiger partial charge in [-0.15, -0.1) is 0 Å². The lowest BCUT2D eigenvalue weighted by Crippen LogP contribution is -2.30. The fraction of sp³-hybridized carbons (Fsp3) is 0.600. The van der Waals surface area contributed by atoms with E-state index in [1.807, 2.05) is 0 Å². The van der Waals surface area contributed by atoms with Gasteiger partial charge in [-0.2, -0.15) is 0 Å². The first-order chi connectivity index (χ1) is 8.52. The van der Waals surface area contributed by atoms with Gasteiger partial charge in [-0.05, 0) is 49.1 Å². The van der Waals surface area contributed by atoms with Crippen molar-refractivity contribution in [3.8, 4) is 0 Å². The summed E-state index contributed by atoms with van der Waals surface area (Å²) in [4.78, 5) is 0. The minimum Gasteiger partial charge on any atom is -0.314 e. The zero-order valence-electron chi connectivity index (χ0n) is 11.5. The molecule has 0 aliphatic carbocycles. The summed E-state index contributed by atoms with van der Waals surface area (Å²) in [6.07, 6.45) is 3.26. The number of hydrogen-bond acceptors (Lipinski definition) is 1. The normalized spacial score (nSPS) is 13.0. The van der Waals surface area contributed by atoms with Gasteiger partial charge in [0.25, 0.3) is 0 Å². The Kier molecular flexibility index (Phi) is 6.87. The van der Waals surface area contributed by atoms with Crippen LogP contribution in [-0.4, -0.2) is 12.6 Å². The van der Waals surface area contributed by atoms with Gasteiger partial charge < -0.3 is 5.32 Å². The van der Waals surface area contributed by atoms with Gasteiger partial charge in [0.2, 0.25) is 0 Å². The molecular weight excluding hydrogens is 293 g/mol. The van der Waals surface area contributed by atoms with Crippen molar-refractivity contribution in [2.45, 2.75) is 46.1 Å². The van der Waals surface area contributed by atoms with E-state index in [-0.39, 0.29) is 5.82 Å². The molecule has 0 amide bonds. The molecule has 3 heteroatoms. The van der Waals surface area contributed by atoms with E-state index in [0.29, 0.717) is 12.0 Å². The maximum Gasteiger partial charge on any atom is 0.123 e. The van der Waals surface area contributed by atoms with E-state index in [2.05, 4.69) is 42.0 Å². The standard InChI is InChI=1S/C15H23BrFN/c1-4-5-12(10-18-11(2)3)8-13-9-14(17)6-7-15(13)16/h6-7,9,11-12,18H,4-5,8,10H2,1-3H3. The van der Waals surface area contributed by atoms with E-state index in [1.165, 1.54) is 12.5 Å². The predicted octanol–water partition coefficient (Wildman–Crippen LogP) is 4.55. The zero-order chi connectivity index (χ0) is 13.5. The predicted molar refractivity (Wildman–Crippen MR) is 79.3 cm³/mol. The number of nitrogens with one attached hydrogen (secondary N) is 1. The Balaban J connectivity index is 2.66. The molecule has 0 aromatic heterocycles. The van der Waals surface area contributed by atoms with Crippen molar-refractivity contribution in [1.29, 1.82) is 0 Å². The van der Waals surface area contributed by atoms with E-state index in [1.54, 1.807) is 12.1 Å². The van der Waals surface area contributed by atoms with Gasteiger partial charge in [-0.3, -0.25) is 0 Å². The maximum atomic E-state index is 13.3. The highest BCUT2D eigenvalue weighted by Crippen LogP contribution is 2.22. The van der Waals surface area contributed by atoms with Crippen molar-refractivity contribution in [2.75, 3.05) is 6.54 Å². The average Bonchev–Trinajstić information content (AvgIpc) is 2.31. The first-order valence-corrected chi connectivity index (χ1v) is 7.49. The van der Waals surface area contributed by atoms with Crippen LogP contribution in [0.25, 0.3) is 0 Å². The highest BCUT2D eigenvalue weighted by molar-refractivity contribution is 9.10. The molecule has 18 heavy (non-hydrogen) atoms. The SMILES string of the molecule is CCCC(CNC(C)C)Cc1cc(F)ccc1Br. The fourth-order valence-corrected chi connectivity index (χ4v) is 2.51. The summed E-state index contributed by atoms with van der Waals surface area (Å²) in [6, 6.07) is 5.43. The van der Waals surface area contributed by atoms with Crippen molar-refractivity contribution in [2.24, 2.45) is 5.92 Å². The lowest BCUT2D eigenvalue weighted by molar-refractivity contribution is 0.417. The van der Waals surface area contributed by atoms with Gasteiger partial charge in [0.1, 0.15) is 5.82 Å².